The molecule has 112 valence electrons. The van der Waals surface area contributed by atoms with Crippen molar-refractivity contribution in [1.82, 2.24) is 10.2 Å². The highest BCUT2D eigenvalue weighted by Gasteiger charge is 2.16. The molecule has 0 aromatic heterocycles. The molecule has 1 rings (SSSR count). The summed E-state index contributed by atoms with van der Waals surface area (Å²) < 4.78 is 0. The molecular formula is C16H27N3O. The first-order valence-electron chi connectivity index (χ1n) is 7.18. The van der Waals surface area contributed by atoms with E-state index in [0.29, 0.717) is 6.54 Å². The molecule has 1 amide bonds. The Labute approximate surface area is 122 Å². The maximum absolute atomic E-state index is 12.0. The van der Waals surface area contributed by atoms with E-state index < -0.39 is 0 Å². The Morgan fingerprint density at radius 3 is 2.35 bits per heavy atom. The van der Waals surface area contributed by atoms with E-state index >= 15 is 0 Å². The van der Waals surface area contributed by atoms with Gasteiger partial charge in [-0.2, -0.15) is 0 Å². The smallest absolute Gasteiger partial charge is 0.234 e. The van der Waals surface area contributed by atoms with Gasteiger partial charge in [0, 0.05) is 17.8 Å². The molecule has 0 atom stereocenters. The van der Waals surface area contributed by atoms with Gasteiger partial charge in [0.25, 0.3) is 0 Å². The van der Waals surface area contributed by atoms with Crippen molar-refractivity contribution in [3.05, 3.63) is 29.8 Å². The minimum atomic E-state index is -0.184. The first kappa shape index (κ1) is 16.5. The van der Waals surface area contributed by atoms with Gasteiger partial charge in [-0.25, -0.2) is 0 Å². The molecule has 1 aromatic rings. The van der Waals surface area contributed by atoms with Crippen LogP contribution in [-0.4, -0.2) is 29.4 Å². The number of nitrogen functional groups attached to an aromatic ring is 1. The van der Waals surface area contributed by atoms with Crippen LogP contribution in [0.2, 0.25) is 0 Å². The number of hydrogen-bond donors (Lipinski definition) is 2. The third kappa shape index (κ3) is 6.57. The summed E-state index contributed by atoms with van der Waals surface area (Å²) in [5.74, 6) is 0.0707. The number of benzene rings is 1. The zero-order valence-electron chi connectivity index (χ0n) is 13.1. The molecule has 0 saturated carbocycles. The summed E-state index contributed by atoms with van der Waals surface area (Å²) in [5, 5.41) is 3.00. The lowest BCUT2D eigenvalue weighted by Gasteiger charge is -2.25. The predicted octanol–water partition coefficient (Wildman–Crippen LogP) is 2.40. The SMILES string of the molecule is CCCN(CC(=O)NC(C)(C)C)Cc1ccc(N)cc1. The van der Waals surface area contributed by atoms with E-state index in [4.69, 9.17) is 5.73 Å². The molecule has 0 saturated heterocycles. The third-order valence-electron chi connectivity index (χ3n) is 2.81. The van der Waals surface area contributed by atoms with Crippen LogP contribution >= 0.6 is 0 Å². The van der Waals surface area contributed by atoms with Crippen LogP contribution in [0.15, 0.2) is 24.3 Å². The summed E-state index contributed by atoms with van der Waals surface area (Å²) in [7, 11) is 0. The molecule has 1 aromatic carbocycles. The molecule has 4 nitrogen and oxygen atoms in total. The van der Waals surface area contributed by atoms with Crippen molar-refractivity contribution in [1.29, 1.82) is 0 Å². The number of nitrogens with zero attached hydrogens (tertiary/aromatic N) is 1. The summed E-state index contributed by atoms with van der Waals surface area (Å²) in [6.45, 7) is 10.2. The first-order valence-corrected chi connectivity index (χ1v) is 7.18. The molecular weight excluding hydrogens is 250 g/mol. The molecule has 0 bridgehead atoms. The van der Waals surface area contributed by atoms with Crippen molar-refractivity contribution >= 4 is 11.6 Å². The fourth-order valence-corrected chi connectivity index (χ4v) is 2.07. The summed E-state index contributed by atoms with van der Waals surface area (Å²) in [6.07, 6.45) is 1.03. The van der Waals surface area contributed by atoms with Crippen LogP contribution in [0.5, 0.6) is 0 Å². The second-order valence-electron chi connectivity index (χ2n) is 6.25. The van der Waals surface area contributed by atoms with Gasteiger partial charge in [0.1, 0.15) is 0 Å². The minimum absolute atomic E-state index is 0.0707. The second kappa shape index (κ2) is 7.29. The molecule has 0 spiro atoms. The molecule has 0 aliphatic heterocycles. The lowest BCUT2D eigenvalue weighted by Crippen LogP contribution is -2.45. The lowest BCUT2D eigenvalue weighted by atomic mass is 10.1. The van der Waals surface area contributed by atoms with E-state index in [-0.39, 0.29) is 11.4 Å². The summed E-state index contributed by atoms with van der Waals surface area (Å²) in [5.41, 5.74) is 7.45. The van der Waals surface area contributed by atoms with Gasteiger partial charge in [-0.05, 0) is 51.4 Å². The fraction of sp³-hybridized carbons (Fsp3) is 0.562. The number of hydrogen-bond acceptors (Lipinski definition) is 3. The maximum Gasteiger partial charge on any atom is 0.234 e. The van der Waals surface area contributed by atoms with Crippen LogP contribution in [0, 0.1) is 0 Å². The van der Waals surface area contributed by atoms with Crippen LogP contribution in [-0.2, 0) is 11.3 Å². The molecule has 20 heavy (non-hydrogen) atoms. The normalized spacial score (nSPS) is 11.7. The summed E-state index contributed by atoms with van der Waals surface area (Å²) in [6, 6.07) is 7.82. The van der Waals surface area contributed by atoms with Crippen molar-refractivity contribution in [2.45, 2.75) is 46.2 Å². The lowest BCUT2D eigenvalue weighted by molar-refractivity contribution is -0.123. The average Bonchev–Trinajstić information content (AvgIpc) is 2.30. The van der Waals surface area contributed by atoms with E-state index in [0.717, 1.165) is 25.2 Å². The average molecular weight is 277 g/mol. The van der Waals surface area contributed by atoms with Crippen LogP contribution in [0.25, 0.3) is 0 Å². The largest absolute Gasteiger partial charge is 0.399 e. The standard InChI is InChI=1S/C16H27N3O/c1-5-10-19(12-15(20)18-16(2,3)4)11-13-6-8-14(17)9-7-13/h6-9H,5,10-12,17H2,1-4H3,(H,18,20). The Hall–Kier alpha value is -1.55. The summed E-state index contributed by atoms with van der Waals surface area (Å²) >= 11 is 0. The van der Waals surface area contributed by atoms with Crippen molar-refractivity contribution in [3.63, 3.8) is 0 Å². The number of carbonyl (C=O) groups excluding carboxylic acids is 1. The van der Waals surface area contributed by atoms with E-state index in [9.17, 15) is 4.79 Å². The topological polar surface area (TPSA) is 58.4 Å². The van der Waals surface area contributed by atoms with E-state index in [1.807, 2.05) is 45.0 Å². The van der Waals surface area contributed by atoms with Gasteiger partial charge in [0.15, 0.2) is 0 Å². The highest BCUT2D eigenvalue weighted by atomic mass is 16.2. The van der Waals surface area contributed by atoms with Crippen LogP contribution in [0.4, 0.5) is 5.69 Å². The van der Waals surface area contributed by atoms with Crippen LogP contribution < -0.4 is 11.1 Å². The van der Waals surface area contributed by atoms with Gasteiger partial charge in [-0.15, -0.1) is 0 Å². The number of anilines is 1. The van der Waals surface area contributed by atoms with Gasteiger partial charge in [-0.1, -0.05) is 19.1 Å². The van der Waals surface area contributed by atoms with Gasteiger partial charge >= 0.3 is 0 Å². The number of nitrogens with one attached hydrogen (secondary N) is 1. The molecule has 3 N–H and O–H groups in total. The van der Waals surface area contributed by atoms with Crippen molar-refractivity contribution < 1.29 is 4.79 Å². The Kier molecular flexibility index (Phi) is 6.02. The number of amides is 1. The maximum atomic E-state index is 12.0. The van der Waals surface area contributed by atoms with Crippen molar-refractivity contribution in [2.75, 3.05) is 18.8 Å². The monoisotopic (exact) mass is 277 g/mol. The highest BCUT2D eigenvalue weighted by Crippen LogP contribution is 2.09. The Balaban J connectivity index is 2.60. The van der Waals surface area contributed by atoms with E-state index in [2.05, 4.69) is 17.1 Å². The van der Waals surface area contributed by atoms with Gasteiger partial charge in [0.2, 0.25) is 5.91 Å². The van der Waals surface area contributed by atoms with E-state index in [1.54, 1.807) is 0 Å². The molecule has 4 heteroatoms. The zero-order valence-corrected chi connectivity index (χ0v) is 13.1. The summed E-state index contributed by atoms with van der Waals surface area (Å²) in [4.78, 5) is 14.2. The zero-order chi connectivity index (χ0) is 15.2. The third-order valence-corrected chi connectivity index (χ3v) is 2.81. The molecule has 0 radical (unpaired) electrons. The highest BCUT2D eigenvalue weighted by molar-refractivity contribution is 5.78. The fourth-order valence-electron chi connectivity index (χ4n) is 2.07. The Morgan fingerprint density at radius 1 is 1.25 bits per heavy atom. The Morgan fingerprint density at radius 2 is 1.85 bits per heavy atom. The van der Waals surface area contributed by atoms with Crippen LogP contribution in [0.1, 0.15) is 39.7 Å². The van der Waals surface area contributed by atoms with Gasteiger partial charge in [0.05, 0.1) is 6.54 Å². The molecule has 0 aliphatic rings. The van der Waals surface area contributed by atoms with E-state index in [1.165, 1.54) is 5.56 Å². The van der Waals surface area contributed by atoms with Gasteiger partial charge < -0.3 is 11.1 Å². The molecule has 0 aliphatic carbocycles. The molecule has 0 unspecified atom stereocenters. The quantitative estimate of drug-likeness (QED) is 0.785. The first-order chi connectivity index (χ1) is 9.30. The second-order valence-corrected chi connectivity index (χ2v) is 6.25. The van der Waals surface area contributed by atoms with Gasteiger partial charge in [-0.3, -0.25) is 9.69 Å². The minimum Gasteiger partial charge on any atom is -0.399 e. The number of rotatable bonds is 6. The molecule has 0 fully saturated rings. The number of nitrogens with two attached hydrogens (primary N) is 1. The van der Waals surface area contributed by atoms with Crippen molar-refractivity contribution in [2.24, 2.45) is 0 Å². The van der Waals surface area contributed by atoms with Crippen LogP contribution in [0.3, 0.4) is 0 Å². The predicted molar refractivity (Wildman–Crippen MR) is 84.3 cm³/mol. The molecule has 0 heterocycles. The Bertz CT molecular complexity index is 420. The van der Waals surface area contributed by atoms with Crippen molar-refractivity contribution in [3.8, 4) is 0 Å². The number of carbonyl (C=O) groups is 1.